The monoisotopic (exact) mass is 415 g/mol. The van der Waals surface area contributed by atoms with Gasteiger partial charge in [-0.1, -0.05) is 0 Å². The van der Waals surface area contributed by atoms with Gasteiger partial charge in [-0.05, 0) is 39.1 Å². The highest BCUT2D eigenvalue weighted by molar-refractivity contribution is 7.89. The van der Waals surface area contributed by atoms with Crippen LogP contribution in [-0.4, -0.2) is 80.6 Å². The van der Waals surface area contributed by atoms with E-state index in [0.29, 0.717) is 31.4 Å². The maximum Gasteiger partial charge on any atom is 0.417 e. The molecule has 1 aliphatic rings. The van der Waals surface area contributed by atoms with Gasteiger partial charge >= 0.3 is 5.76 Å². The molecule has 0 saturated carbocycles. The number of hydrogen-bond donors (Lipinski definition) is 2. The SMILES string of the molecule is COC1(CN(C)C)CCN(S(=O)(=O)c2ccc3[nH]c(=O)oc3c2)CC1.O=CO. The minimum atomic E-state index is -3.64. The van der Waals surface area contributed by atoms with E-state index < -0.39 is 15.8 Å². The van der Waals surface area contributed by atoms with Crippen LogP contribution in [0.5, 0.6) is 0 Å². The van der Waals surface area contributed by atoms with Crippen molar-refractivity contribution in [3.8, 4) is 0 Å². The number of sulfonamides is 1. The summed E-state index contributed by atoms with van der Waals surface area (Å²) >= 11 is 0. The van der Waals surface area contributed by atoms with Crippen molar-refractivity contribution in [3.63, 3.8) is 0 Å². The Morgan fingerprint density at radius 3 is 2.50 bits per heavy atom. The molecule has 0 atom stereocenters. The maximum absolute atomic E-state index is 12.9. The highest BCUT2D eigenvalue weighted by Gasteiger charge is 2.39. The molecule has 1 aromatic heterocycles. The number of fused-ring (bicyclic) bond motifs is 1. The average molecular weight is 415 g/mol. The van der Waals surface area contributed by atoms with Crippen molar-refractivity contribution in [2.24, 2.45) is 0 Å². The standard InChI is InChI=1S/C16H23N3O5S.CH2O2/c1-18(2)11-16(23-3)6-8-19(9-7-16)25(21,22)12-4-5-13-14(10-12)24-15(20)17-13;2-1-3/h4-5,10H,6-9,11H2,1-3H3,(H,17,20);1H,(H,2,3). The lowest BCUT2D eigenvalue weighted by Crippen LogP contribution is -2.52. The predicted octanol–water partition coefficient (Wildman–Crippen LogP) is 0.553. The zero-order valence-electron chi connectivity index (χ0n) is 16.0. The Labute approximate surface area is 162 Å². The molecule has 0 amide bonds. The number of methoxy groups -OCH3 is 1. The smallest absolute Gasteiger partial charge is 0.417 e. The quantitative estimate of drug-likeness (QED) is 0.677. The first-order chi connectivity index (χ1) is 13.2. The number of ether oxygens (including phenoxy) is 1. The summed E-state index contributed by atoms with van der Waals surface area (Å²) < 4.78 is 37.9. The Kier molecular flexibility index (Phi) is 6.99. The van der Waals surface area contributed by atoms with Crippen LogP contribution in [0.1, 0.15) is 12.8 Å². The second kappa shape index (κ2) is 8.86. The highest BCUT2D eigenvalue weighted by atomic mass is 32.2. The number of likely N-dealkylation sites (N-methyl/N-ethyl adjacent to an activating group) is 1. The number of rotatable bonds is 5. The zero-order chi connectivity index (χ0) is 20.9. The molecule has 0 radical (unpaired) electrons. The fourth-order valence-electron chi connectivity index (χ4n) is 3.37. The molecule has 28 heavy (non-hydrogen) atoms. The molecule has 1 saturated heterocycles. The van der Waals surface area contributed by atoms with Gasteiger partial charge in [-0.25, -0.2) is 13.2 Å². The number of hydrogen-bond acceptors (Lipinski definition) is 7. The number of carbonyl (C=O) groups is 1. The lowest BCUT2D eigenvalue weighted by atomic mass is 9.91. The van der Waals surface area contributed by atoms with Crippen LogP contribution in [-0.2, 0) is 19.6 Å². The fourth-order valence-corrected chi connectivity index (χ4v) is 4.83. The number of oxazole rings is 1. The number of nitrogens with one attached hydrogen (secondary N) is 1. The van der Waals surface area contributed by atoms with Crippen LogP contribution in [0.15, 0.2) is 32.3 Å². The normalized spacial score (nSPS) is 17.3. The van der Waals surface area contributed by atoms with E-state index in [9.17, 15) is 13.2 Å². The Hall–Kier alpha value is -2.21. The van der Waals surface area contributed by atoms with Crippen molar-refractivity contribution in [2.75, 3.05) is 40.8 Å². The molecule has 2 N–H and O–H groups in total. The van der Waals surface area contributed by atoms with Crippen LogP contribution in [0.3, 0.4) is 0 Å². The fraction of sp³-hybridized carbons (Fsp3) is 0.529. The van der Waals surface area contributed by atoms with Crippen molar-refractivity contribution in [3.05, 3.63) is 28.7 Å². The molecule has 0 aliphatic carbocycles. The van der Waals surface area contributed by atoms with Gasteiger partial charge in [0.2, 0.25) is 10.0 Å². The molecule has 1 aliphatic heterocycles. The van der Waals surface area contributed by atoms with Crippen LogP contribution in [0.2, 0.25) is 0 Å². The van der Waals surface area contributed by atoms with Gasteiger partial charge in [-0.3, -0.25) is 9.78 Å². The van der Waals surface area contributed by atoms with Crippen molar-refractivity contribution in [1.29, 1.82) is 0 Å². The topological polar surface area (TPSA) is 133 Å². The number of benzene rings is 1. The Bertz CT molecular complexity index is 957. The van der Waals surface area contributed by atoms with Gasteiger partial charge in [0.1, 0.15) is 0 Å². The third-order valence-corrected chi connectivity index (χ3v) is 6.60. The molecule has 0 unspecified atom stereocenters. The van der Waals surface area contributed by atoms with Crippen LogP contribution in [0.25, 0.3) is 11.1 Å². The molecule has 10 nitrogen and oxygen atoms in total. The van der Waals surface area contributed by atoms with E-state index in [0.717, 1.165) is 6.54 Å². The van der Waals surface area contributed by atoms with E-state index in [-0.39, 0.29) is 22.6 Å². The molecule has 1 fully saturated rings. The van der Waals surface area contributed by atoms with E-state index in [4.69, 9.17) is 19.1 Å². The van der Waals surface area contributed by atoms with Gasteiger partial charge < -0.3 is 19.2 Å². The highest BCUT2D eigenvalue weighted by Crippen LogP contribution is 2.30. The number of aromatic nitrogens is 1. The van der Waals surface area contributed by atoms with Crippen LogP contribution in [0, 0.1) is 0 Å². The maximum atomic E-state index is 12.9. The zero-order valence-corrected chi connectivity index (χ0v) is 16.9. The van der Waals surface area contributed by atoms with Crippen LogP contribution >= 0.6 is 0 Å². The van der Waals surface area contributed by atoms with Crippen LogP contribution < -0.4 is 5.76 Å². The molecule has 0 bridgehead atoms. The average Bonchev–Trinajstić information content (AvgIpc) is 3.01. The van der Waals surface area contributed by atoms with E-state index in [2.05, 4.69) is 9.88 Å². The van der Waals surface area contributed by atoms with Gasteiger partial charge in [0, 0.05) is 32.8 Å². The second-order valence-electron chi connectivity index (χ2n) is 6.81. The van der Waals surface area contributed by atoms with Crippen molar-refractivity contribution < 1.29 is 27.5 Å². The summed E-state index contributed by atoms with van der Waals surface area (Å²) in [6.45, 7) is 1.27. The van der Waals surface area contributed by atoms with Gasteiger partial charge in [0.15, 0.2) is 5.58 Å². The van der Waals surface area contributed by atoms with Gasteiger partial charge in [0.25, 0.3) is 6.47 Å². The molecule has 3 rings (SSSR count). The van der Waals surface area contributed by atoms with E-state index in [1.165, 1.54) is 16.4 Å². The molecular formula is C17H25N3O7S. The summed E-state index contributed by atoms with van der Waals surface area (Å²) in [6, 6.07) is 4.42. The Morgan fingerprint density at radius 1 is 1.36 bits per heavy atom. The molecule has 11 heteroatoms. The Balaban J connectivity index is 0.000000878. The first-order valence-electron chi connectivity index (χ1n) is 8.58. The van der Waals surface area contributed by atoms with E-state index >= 15 is 0 Å². The number of piperidine rings is 1. The summed E-state index contributed by atoms with van der Waals surface area (Å²) in [5.41, 5.74) is 0.390. The van der Waals surface area contributed by atoms with Gasteiger partial charge in [-0.2, -0.15) is 4.31 Å². The molecule has 156 valence electrons. The molecule has 1 aromatic carbocycles. The van der Waals surface area contributed by atoms with Crippen molar-refractivity contribution in [1.82, 2.24) is 14.2 Å². The lowest BCUT2D eigenvalue weighted by molar-refractivity contribution is -0.122. The van der Waals surface area contributed by atoms with E-state index in [1.807, 2.05) is 14.1 Å². The van der Waals surface area contributed by atoms with Gasteiger partial charge in [0.05, 0.1) is 16.0 Å². The molecule has 2 heterocycles. The van der Waals surface area contributed by atoms with Gasteiger partial charge in [-0.15, -0.1) is 0 Å². The first-order valence-corrected chi connectivity index (χ1v) is 10.0. The minimum Gasteiger partial charge on any atom is -0.483 e. The summed E-state index contributed by atoms with van der Waals surface area (Å²) in [7, 11) is 1.99. The summed E-state index contributed by atoms with van der Waals surface area (Å²) in [5, 5.41) is 6.89. The lowest BCUT2D eigenvalue weighted by Gasteiger charge is -2.41. The molecule has 0 spiro atoms. The summed E-state index contributed by atoms with van der Waals surface area (Å²) in [6.07, 6.45) is 1.25. The third kappa shape index (κ3) is 4.79. The van der Waals surface area contributed by atoms with E-state index in [1.54, 1.807) is 13.2 Å². The summed E-state index contributed by atoms with van der Waals surface area (Å²) in [5.74, 6) is -0.601. The number of nitrogens with zero attached hydrogens (tertiary/aromatic N) is 2. The molecular weight excluding hydrogens is 390 g/mol. The Morgan fingerprint density at radius 2 is 1.96 bits per heavy atom. The number of H-pyrrole nitrogens is 1. The van der Waals surface area contributed by atoms with Crippen molar-refractivity contribution >= 4 is 27.6 Å². The first kappa shape index (κ1) is 22.1. The number of aromatic amines is 1. The van der Waals surface area contributed by atoms with Crippen LogP contribution in [0.4, 0.5) is 0 Å². The second-order valence-corrected chi connectivity index (χ2v) is 8.74. The largest absolute Gasteiger partial charge is 0.483 e. The summed E-state index contributed by atoms with van der Waals surface area (Å²) in [4.78, 5) is 24.3. The molecule has 2 aromatic rings. The third-order valence-electron chi connectivity index (χ3n) is 4.70. The van der Waals surface area contributed by atoms with Crippen molar-refractivity contribution in [2.45, 2.75) is 23.3 Å². The number of carboxylic acid groups (broad SMARTS) is 1. The minimum absolute atomic E-state index is 0.125. The predicted molar refractivity (Wildman–Crippen MR) is 102 cm³/mol.